The van der Waals surface area contributed by atoms with E-state index in [1.807, 2.05) is 0 Å². The second-order valence-electron chi connectivity index (χ2n) is 27.0. The summed E-state index contributed by atoms with van der Waals surface area (Å²) in [7, 11) is -3.81. The number of aryl methyl sites for hydroxylation is 4. The van der Waals surface area contributed by atoms with Crippen LogP contribution in [-0.4, -0.2) is 12.3 Å². The van der Waals surface area contributed by atoms with E-state index in [2.05, 4.69) is 489 Å². The number of hydrogen-bond donors (Lipinski definition) is 0. The van der Waals surface area contributed by atoms with Crippen LogP contribution in [0, 0.1) is 27.7 Å². The monoisotopic (exact) mass is 1370 g/mol. The molecule has 0 nitrogen and oxygen atoms in total. The molecule has 0 aromatic heterocycles. The summed E-state index contributed by atoms with van der Waals surface area (Å²) in [5.74, 6) is 0. The Morgan fingerprint density at radius 3 is 0.356 bits per heavy atom. The highest BCUT2D eigenvalue weighted by molar-refractivity contribution is 8.02. The van der Waals surface area contributed by atoms with Gasteiger partial charge in [0, 0.05) is 0 Å². The first-order chi connectivity index (χ1) is 51.3. The molecule has 0 heterocycles. The van der Waals surface area contributed by atoms with Crippen LogP contribution in [0.2, 0.25) is 0 Å². The minimum atomic E-state index is -1.91. The zero-order valence-electron chi connectivity index (χ0n) is 59.9. The van der Waals surface area contributed by atoms with Crippen molar-refractivity contribution in [2.75, 3.05) is 0 Å². The van der Waals surface area contributed by atoms with Gasteiger partial charge in [-0.05, 0) is 125 Å². The Morgan fingerprint density at radius 2 is 0.231 bits per heavy atom. The lowest BCUT2D eigenvalue weighted by atomic mass is 9.13. The predicted molar refractivity (Wildman–Crippen MR) is 462 cm³/mol. The van der Waals surface area contributed by atoms with Gasteiger partial charge in [0.1, 0.15) is 69.3 Å². The lowest BCUT2D eigenvalue weighted by Gasteiger charge is -2.44. The van der Waals surface area contributed by atoms with Crippen LogP contribution in [0.15, 0.2) is 461 Å². The smallest absolute Gasteiger partial charge is 0.144 e. The highest BCUT2D eigenvalue weighted by Crippen LogP contribution is 2.55. The van der Waals surface area contributed by atoms with Crippen molar-refractivity contribution in [2.45, 2.75) is 27.7 Å². The third kappa shape index (κ3) is 14.9. The molecular weight excluding hydrogens is 1280 g/mol. The molecule has 0 radical (unpaired) electrons. The number of hydrogen-bond acceptors (Lipinski definition) is 0. The summed E-state index contributed by atoms with van der Waals surface area (Å²) in [5.41, 5.74) is 15.9. The van der Waals surface area contributed by atoms with E-state index in [9.17, 15) is 0 Å². The topological polar surface area (TPSA) is 0 Å². The van der Waals surface area contributed by atoms with Crippen molar-refractivity contribution in [3.8, 4) is 0 Å². The molecule has 0 aliphatic rings. The van der Waals surface area contributed by atoms with Crippen molar-refractivity contribution in [1.82, 2.24) is 0 Å². The fraction of sp³-hybridized carbons (Fsp3) is 0.0400. The van der Waals surface area contributed by atoms with Gasteiger partial charge in [0.2, 0.25) is 0 Å². The van der Waals surface area contributed by atoms with E-state index in [-0.39, 0.29) is 0 Å². The van der Waals surface area contributed by atoms with Crippen molar-refractivity contribution in [3.05, 3.63) is 483 Å². The van der Waals surface area contributed by atoms with Gasteiger partial charge < -0.3 is 0 Å². The van der Waals surface area contributed by atoms with Gasteiger partial charge in [-0.1, -0.05) is 386 Å². The van der Waals surface area contributed by atoms with E-state index < -0.39 is 26.8 Å². The molecule has 0 amide bonds. The zero-order chi connectivity index (χ0) is 71.3. The van der Waals surface area contributed by atoms with Crippen molar-refractivity contribution in [1.29, 1.82) is 0 Å². The Morgan fingerprint density at radius 1 is 0.125 bits per heavy atom. The van der Waals surface area contributed by atoms with Crippen LogP contribution in [0.25, 0.3) is 0 Å². The molecule has 0 unspecified atom stereocenters. The Balaban J connectivity index is 0.000000123. The Hall–Kier alpha value is -11.5. The molecule has 16 aromatic carbocycles. The molecule has 0 atom stereocenters. The van der Waals surface area contributed by atoms with E-state index in [1.165, 1.54) is 108 Å². The first-order valence-electron chi connectivity index (χ1n) is 36.3. The Bertz CT molecular complexity index is 4120. The molecule has 0 aliphatic carbocycles. The van der Waals surface area contributed by atoms with Gasteiger partial charge in [-0.3, -0.25) is 0 Å². The molecule has 16 rings (SSSR count). The van der Waals surface area contributed by atoms with Crippen LogP contribution >= 0.6 is 14.5 Å². The highest BCUT2D eigenvalue weighted by atomic mass is 31.2. The van der Waals surface area contributed by atoms with Crippen LogP contribution in [0.3, 0.4) is 0 Å². The Labute approximate surface area is 619 Å². The van der Waals surface area contributed by atoms with Crippen LogP contribution < -0.4 is 86.1 Å². The summed E-state index contributed by atoms with van der Waals surface area (Å²) in [6.45, 7) is 8.62. The molecule has 0 saturated heterocycles. The van der Waals surface area contributed by atoms with Crippen molar-refractivity contribution in [2.24, 2.45) is 0 Å². The Kier molecular flexibility index (Phi) is 23.2. The molecule has 4 heteroatoms. The first-order valence-corrected chi connectivity index (χ1v) is 39.9. The van der Waals surface area contributed by atoms with Gasteiger partial charge in [-0.25, -0.2) is 0 Å². The van der Waals surface area contributed by atoms with Crippen LogP contribution in [0.5, 0.6) is 0 Å². The SMILES string of the molecule is Cc1ccc([B-](c2ccc(C)cc2)(c2ccc(C)cc2)c2ccc(C)cc2)cc1.c1ccc([B-](c2ccccc2)(c2ccccc2)c2ccccc2)cc1.c1ccc([P+](c2ccccc2)(c2ccccc2)c2ccccc2)cc1.c1ccc([P+](c2ccccc2)(c2ccccc2)c2ccccc2)cc1. The lowest BCUT2D eigenvalue weighted by Crippen LogP contribution is -2.74. The van der Waals surface area contributed by atoms with E-state index in [4.69, 9.17) is 0 Å². The molecule has 0 N–H and O–H groups in total. The maximum Gasteiger partial charge on any atom is 0.144 e. The summed E-state index contributed by atoms with van der Waals surface area (Å²) in [6.07, 6.45) is -2.49. The van der Waals surface area contributed by atoms with Crippen LogP contribution in [0.1, 0.15) is 22.3 Å². The second kappa shape index (κ2) is 34.0. The van der Waals surface area contributed by atoms with Crippen molar-refractivity contribution in [3.63, 3.8) is 0 Å². The van der Waals surface area contributed by atoms with Crippen molar-refractivity contribution < 1.29 is 0 Å². The fourth-order valence-electron chi connectivity index (χ4n) is 15.7. The summed E-state index contributed by atoms with van der Waals surface area (Å²) in [5, 5.41) is 11.1. The minimum absolute atomic E-state index is 1.22. The second-order valence-corrected chi connectivity index (χ2v) is 33.9. The minimum Gasteiger partial charge on any atom is -0.195 e. The molecule has 16 aromatic rings. The third-order valence-corrected chi connectivity index (χ3v) is 29.2. The average Bonchev–Trinajstić information content (AvgIpc) is 0.757. The van der Waals surface area contributed by atoms with Crippen molar-refractivity contribution >= 4 is 113 Å². The summed E-state index contributed by atoms with van der Waals surface area (Å²) < 4.78 is 0. The van der Waals surface area contributed by atoms with E-state index in [0.29, 0.717) is 0 Å². The third-order valence-electron chi connectivity index (χ3n) is 20.7. The average molecular weight is 1370 g/mol. The summed E-state index contributed by atoms with van der Waals surface area (Å²) >= 11 is 0. The zero-order valence-corrected chi connectivity index (χ0v) is 61.7. The maximum atomic E-state index is 2.31. The predicted octanol–water partition coefficient (Wildman–Crippen LogP) is 16.0. The van der Waals surface area contributed by atoms with Gasteiger partial charge in [-0.2, -0.15) is 43.7 Å². The molecule has 504 valence electrons. The number of rotatable bonds is 16. The summed E-state index contributed by atoms with van der Waals surface area (Å²) in [4.78, 5) is 0. The van der Waals surface area contributed by atoms with Gasteiger partial charge in [0.15, 0.2) is 0 Å². The molecule has 0 saturated carbocycles. The fourth-order valence-corrected chi connectivity index (χ4v) is 24.2. The van der Waals surface area contributed by atoms with E-state index in [1.54, 1.807) is 0 Å². The first kappa shape index (κ1) is 70.9. The van der Waals surface area contributed by atoms with Crippen LogP contribution in [0.4, 0.5) is 0 Å². The maximum absolute atomic E-state index is 2.31. The molecule has 104 heavy (non-hydrogen) atoms. The van der Waals surface area contributed by atoms with Gasteiger partial charge in [0.25, 0.3) is 0 Å². The largest absolute Gasteiger partial charge is 0.195 e. The lowest BCUT2D eigenvalue weighted by molar-refractivity contribution is 1.46. The van der Waals surface area contributed by atoms with Crippen LogP contribution in [-0.2, 0) is 0 Å². The van der Waals surface area contributed by atoms with Gasteiger partial charge in [-0.15, -0.1) is 0 Å². The van der Waals surface area contributed by atoms with E-state index >= 15 is 0 Å². The molecular formula is C100H88B2P2. The highest BCUT2D eigenvalue weighted by Gasteiger charge is 2.49. The molecule has 0 fully saturated rings. The van der Waals surface area contributed by atoms with E-state index in [0.717, 1.165) is 0 Å². The molecule has 0 spiro atoms. The summed E-state index contributed by atoms with van der Waals surface area (Å²) in [6, 6.07) is 168. The quantitative estimate of drug-likeness (QED) is 0.0668. The molecule has 0 aliphatic heterocycles. The van der Waals surface area contributed by atoms with Gasteiger partial charge in [0.05, 0.1) is 0 Å². The number of benzene rings is 16. The normalized spacial score (nSPS) is 11.3. The standard InChI is InChI=1S/C28H28B.C24H20B.2C24H20P/c1-21-5-13-25(14-6-21)29(26-15-7-22(2)8-16-26,27-17-9-23(3)10-18-27)28-19-11-24(4)12-20-28;3*1-5-13-21(14-6-1)25(22-15-7-2-8-16-22,23-17-9-3-10-18-23)24-19-11-4-12-20-24/h5-20H,1-4H3;3*1-20H/q2*-1;2*+1. The van der Waals surface area contributed by atoms with Gasteiger partial charge >= 0.3 is 0 Å². The molecule has 0 bridgehead atoms.